The van der Waals surface area contributed by atoms with Crippen molar-refractivity contribution in [1.82, 2.24) is 5.06 Å². The third-order valence-electron chi connectivity index (χ3n) is 3.06. The Morgan fingerprint density at radius 1 is 1.00 bits per heavy atom. The molecule has 4 heteroatoms. The Kier molecular flexibility index (Phi) is 8.16. The average molecular weight is 329 g/mol. The molecule has 0 aliphatic heterocycles. The van der Waals surface area contributed by atoms with Gasteiger partial charge in [-0.1, -0.05) is 60.7 Å². The van der Waals surface area contributed by atoms with Gasteiger partial charge in [0.1, 0.15) is 0 Å². The molecule has 130 valence electrons. The van der Waals surface area contributed by atoms with Gasteiger partial charge >= 0.3 is 0 Å². The van der Waals surface area contributed by atoms with Crippen LogP contribution in [0.4, 0.5) is 0 Å². The molecule has 0 saturated carbocycles. The number of carbonyl (C=O) groups is 1. The second-order valence-corrected chi connectivity index (χ2v) is 6.43. The lowest BCUT2D eigenvalue weighted by atomic mass is 10.1. The van der Waals surface area contributed by atoms with Gasteiger partial charge in [0.15, 0.2) is 0 Å². The summed E-state index contributed by atoms with van der Waals surface area (Å²) in [5.74, 6) is 0. The van der Waals surface area contributed by atoms with Gasteiger partial charge in [-0.05, 0) is 38.8 Å². The number of amides is 1. The van der Waals surface area contributed by atoms with Gasteiger partial charge in [-0.2, -0.15) is 0 Å². The molecule has 0 aromatic heterocycles. The minimum Gasteiger partial charge on any atom is -0.394 e. The number of carbonyl (C=O) groups excluding carboxylic acids is 1. The van der Waals surface area contributed by atoms with Gasteiger partial charge in [-0.3, -0.25) is 9.63 Å². The summed E-state index contributed by atoms with van der Waals surface area (Å²) < 4.78 is 0. The van der Waals surface area contributed by atoms with Crippen LogP contribution < -0.4 is 0 Å². The molecule has 0 spiro atoms. The van der Waals surface area contributed by atoms with E-state index in [9.17, 15) is 4.79 Å². The number of hydrogen-bond donors (Lipinski definition) is 1. The standard InChI is InChI=1S/C12H10.C8H17NO3/c1-3-7-11(8-4-1)12-9-5-2-6-10-12;1-7(5-10)9(6-11)12-8(2,3)4/h1-10H;6-7,10H,5H2,1-4H3/t;7-/m.1/s1. The molecule has 2 aromatic carbocycles. The largest absolute Gasteiger partial charge is 0.394 e. The lowest BCUT2D eigenvalue weighted by Gasteiger charge is -2.30. The van der Waals surface area contributed by atoms with Crippen molar-refractivity contribution < 1.29 is 14.7 Å². The van der Waals surface area contributed by atoms with Crippen molar-refractivity contribution in [3.8, 4) is 11.1 Å². The zero-order chi connectivity index (χ0) is 18.0. The number of aliphatic hydroxyl groups excluding tert-OH is 1. The maximum absolute atomic E-state index is 10.5. The predicted octanol–water partition coefficient (Wildman–Crippen LogP) is 3.91. The monoisotopic (exact) mass is 329 g/mol. The van der Waals surface area contributed by atoms with Crippen LogP contribution in [0.2, 0.25) is 0 Å². The second-order valence-electron chi connectivity index (χ2n) is 6.43. The van der Waals surface area contributed by atoms with Crippen LogP contribution in [0.5, 0.6) is 0 Å². The lowest BCUT2D eigenvalue weighted by molar-refractivity contribution is -0.233. The molecule has 0 radical (unpaired) electrons. The van der Waals surface area contributed by atoms with Gasteiger partial charge in [0.05, 0.1) is 18.2 Å². The number of benzene rings is 2. The van der Waals surface area contributed by atoms with Crippen LogP contribution in [-0.4, -0.2) is 34.8 Å². The van der Waals surface area contributed by atoms with Gasteiger partial charge in [0.2, 0.25) is 6.41 Å². The van der Waals surface area contributed by atoms with Crippen LogP contribution >= 0.6 is 0 Å². The van der Waals surface area contributed by atoms with E-state index in [4.69, 9.17) is 9.94 Å². The first-order chi connectivity index (χ1) is 11.4. The first-order valence-corrected chi connectivity index (χ1v) is 8.01. The zero-order valence-electron chi connectivity index (χ0n) is 14.8. The highest BCUT2D eigenvalue weighted by atomic mass is 16.7. The normalized spacial score (nSPS) is 11.9. The van der Waals surface area contributed by atoms with E-state index in [0.717, 1.165) is 5.06 Å². The SMILES string of the molecule is C[C@H](CO)N(C=O)OC(C)(C)C.c1ccc(-c2ccccc2)cc1. The summed E-state index contributed by atoms with van der Waals surface area (Å²) in [5, 5.41) is 9.88. The van der Waals surface area contributed by atoms with Crippen LogP contribution in [-0.2, 0) is 9.63 Å². The Morgan fingerprint density at radius 2 is 1.42 bits per heavy atom. The van der Waals surface area contributed by atoms with Gasteiger partial charge in [0.25, 0.3) is 0 Å². The Balaban J connectivity index is 0.000000240. The van der Waals surface area contributed by atoms with Crippen molar-refractivity contribution in [2.24, 2.45) is 0 Å². The van der Waals surface area contributed by atoms with Gasteiger partial charge < -0.3 is 5.11 Å². The van der Waals surface area contributed by atoms with Crippen LogP contribution in [0, 0.1) is 0 Å². The van der Waals surface area contributed by atoms with Crippen molar-refractivity contribution in [1.29, 1.82) is 0 Å². The molecule has 0 unspecified atom stereocenters. The molecule has 0 bridgehead atoms. The summed E-state index contributed by atoms with van der Waals surface area (Å²) in [6.07, 6.45) is 0.576. The molecule has 1 amide bonds. The van der Waals surface area contributed by atoms with Crippen LogP contribution in [0.25, 0.3) is 11.1 Å². The Labute approximate surface area is 144 Å². The highest BCUT2D eigenvalue weighted by molar-refractivity contribution is 5.62. The van der Waals surface area contributed by atoms with Gasteiger partial charge in [-0.15, -0.1) is 0 Å². The van der Waals surface area contributed by atoms with E-state index < -0.39 is 5.60 Å². The number of nitrogens with zero attached hydrogens (tertiary/aromatic N) is 1. The third-order valence-corrected chi connectivity index (χ3v) is 3.06. The summed E-state index contributed by atoms with van der Waals surface area (Å²) in [7, 11) is 0. The van der Waals surface area contributed by atoms with E-state index in [1.54, 1.807) is 6.92 Å². The summed E-state index contributed by atoms with van der Waals surface area (Å²) >= 11 is 0. The smallest absolute Gasteiger partial charge is 0.233 e. The number of hydrogen-bond acceptors (Lipinski definition) is 3. The van der Waals surface area contributed by atoms with Crippen molar-refractivity contribution in [3.63, 3.8) is 0 Å². The van der Waals surface area contributed by atoms with E-state index in [-0.39, 0.29) is 12.6 Å². The van der Waals surface area contributed by atoms with Crippen molar-refractivity contribution in [3.05, 3.63) is 60.7 Å². The first kappa shape index (κ1) is 19.9. The molecular weight excluding hydrogens is 302 g/mol. The topological polar surface area (TPSA) is 49.8 Å². The molecular formula is C20H27NO3. The van der Waals surface area contributed by atoms with E-state index in [1.807, 2.05) is 32.9 Å². The average Bonchev–Trinajstić information content (AvgIpc) is 2.60. The first-order valence-electron chi connectivity index (χ1n) is 8.01. The molecule has 1 atom stereocenters. The molecule has 24 heavy (non-hydrogen) atoms. The van der Waals surface area contributed by atoms with E-state index in [2.05, 4.69) is 48.5 Å². The molecule has 0 heterocycles. The molecule has 0 fully saturated rings. The fourth-order valence-electron chi connectivity index (χ4n) is 1.87. The highest BCUT2D eigenvalue weighted by Gasteiger charge is 2.19. The Bertz CT molecular complexity index is 541. The maximum atomic E-state index is 10.5. The van der Waals surface area contributed by atoms with E-state index in [0.29, 0.717) is 6.41 Å². The molecule has 2 rings (SSSR count). The quantitative estimate of drug-likeness (QED) is 0.668. The lowest BCUT2D eigenvalue weighted by Crippen LogP contribution is -2.40. The second kappa shape index (κ2) is 9.85. The van der Waals surface area contributed by atoms with Crippen LogP contribution in [0.15, 0.2) is 60.7 Å². The maximum Gasteiger partial charge on any atom is 0.233 e. The van der Waals surface area contributed by atoms with Crippen molar-refractivity contribution in [2.45, 2.75) is 39.3 Å². The minimum absolute atomic E-state index is 0.102. The van der Waals surface area contributed by atoms with Crippen molar-refractivity contribution in [2.75, 3.05) is 6.61 Å². The van der Waals surface area contributed by atoms with Crippen molar-refractivity contribution >= 4 is 6.41 Å². The fraction of sp³-hybridized carbons (Fsp3) is 0.350. The molecule has 0 saturated heterocycles. The van der Waals surface area contributed by atoms with Crippen LogP contribution in [0.3, 0.4) is 0 Å². The fourth-order valence-corrected chi connectivity index (χ4v) is 1.87. The zero-order valence-corrected chi connectivity index (χ0v) is 14.8. The predicted molar refractivity (Wildman–Crippen MR) is 97.2 cm³/mol. The number of rotatable bonds is 5. The van der Waals surface area contributed by atoms with E-state index >= 15 is 0 Å². The van der Waals surface area contributed by atoms with E-state index in [1.165, 1.54) is 11.1 Å². The van der Waals surface area contributed by atoms with Crippen LogP contribution in [0.1, 0.15) is 27.7 Å². The third kappa shape index (κ3) is 7.40. The molecule has 2 aromatic rings. The molecule has 0 aliphatic rings. The van der Waals surface area contributed by atoms with Gasteiger partial charge in [0, 0.05) is 0 Å². The Morgan fingerprint density at radius 3 is 1.71 bits per heavy atom. The summed E-state index contributed by atoms with van der Waals surface area (Å²) in [5.41, 5.74) is 2.14. The molecule has 0 aliphatic carbocycles. The highest BCUT2D eigenvalue weighted by Crippen LogP contribution is 2.17. The Hall–Kier alpha value is -2.17. The number of aliphatic hydroxyl groups is 1. The molecule has 4 nitrogen and oxygen atoms in total. The summed E-state index contributed by atoms with van der Waals surface area (Å²) in [4.78, 5) is 15.7. The summed E-state index contributed by atoms with van der Waals surface area (Å²) in [6, 6.07) is 20.5. The summed E-state index contributed by atoms with van der Waals surface area (Å²) in [6.45, 7) is 7.13. The minimum atomic E-state index is -0.412. The number of hydroxylamine groups is 2. The molecule has 1 N–H and O–H groups in total. The van der Waals surface area contributed by atoms with Gasteiger partial charge in [-0.25, -0.2) is 5.06 Å².